The van der Waals surface area contributed by atoms with Crippen LogP contribution in [0.15, 0.2) is 43.0 Å². The molecule has 3 nitrogen and oxygen atoms in total. The van der Waals surface area contributed by atoms with E-state index in [-0.39, 0.29) is 34.5 Å². The lowest BCUT2D eigenvalue weighted by Crippen LogP contribution is -2.53. The molecule has 0 aromatic heterocycles. The van der Waals surface area contributed by atoms with Crippen molar-refractivity contribution in [2.24, 2.45) is 0 Å². The summed E-state index contributed by atoms with van der Waals surface area (Å²) in [7, 11) is -4.05. The molecule has 0 amide bonds. The molecule has 4 atom stereocenters. The maximum atomic E-state index is 7.10. The number of rotatable bonds is 8. The molecule has 0 N–H and O–H groups in total. The molecule has 0 radical (unpaired) electrons. The highest BCUT2D eigenvalue weighted by Crippen LogP contribution is 2.47. The van der Waals surface area contributed by atoms with Crippen molar-refractivity contribution < 1.29 is 13.6 Å². The van der Waals surface area contributed by atoms with Crippen LogP contribution in [0.4, 0.5) is 0 Å². The normalized spacial score (nSPS) is 25.6. The Morgan fingerprint density at radius 3 is 1.81 bits per heavy atom. The highest BCUT2D eigenvalue weighted by molar-refractivity contribution is 6.74. The average Bonchev–Trinajstić information content (AvgIpc) is 2.95. The van der Waals surface area contributed by atoms with E-state index in [1.54, 1.807) is 0 Å². The number of benzene rings is 1. The fourth-order valence-corrected chi connectivity index (χ4v) is 6.07. The summed E-state index contributed by atoms with van der Waals surface area (Å²) in [4.78, 5) is 0. The molecule has 0 bridgehead atoms. The smallest absolute Gasteiger partial charge is 0.192 e. The van der Waals surface area contributed by atoms with Crippen LogP contribution in [0.3, 0.4) is 0 Å². The van der Waals surface area contributed by atoms with Crippen LogP contribution in [0.25, 0.3) is 0 Å². The molecule has 0 aliphatic carbocycles. The Bertz CT molecular complexity index is 716. The molecule has 1 aliphatic heterocycles. The van der Waals surface area contributed by atoms with E-state index in [0.717, 1.165) is 12.8 Å². The standard InChI is InChI=1S/C26H46O3Si2/c1-12-13-19-21-23(28-30(8,9)25(2,3)4)24(29-31(10,11)26(5,6)7)22(27-21)20-17-15-14-16-18-20/h12,14-18,21-24H,1,13,19H2,2-11H3/t21-,22+,23+,24+/m0/s1. The predicted molar refractivity (Wildman–Crippen MR) is 138 cm³/mol. The Hall–Kier alpha value is -0.726. The van der Waals surface area contributed by atoms with Gasteiger partial charge in [-0.25, -0.2) is 0 Å². The molecule has 31 heavy (non-hydrogen) atoms. The second kappa shape index (κ2) is 9.64. The number of ether oxygens (including phenoxy) is 1. The predicted octanol–water partition coefficient (Wildman–Crippen LogP) is 7.87. The number of allylic oxidation sites excluding steroid dienone is 1. The van der Waals surface area contributed by atoms with Crippen molar-refractivity contribution in [3.8, 4) is 0 Å². The highest BCUT2D eigenvalue weighted by atomic mass is 28.4. The minimum atomic E-state index is -2.03. The fourth-order valence-electron chi connectivity index (χ4n) is 3.46. The third-order valence-corrected chi connectivity index (χ3v) is 16.5. The Balaban J connectivity index is 2.50. The van der Waals surface area contributed by atoms with Crippen LogP contribution >= 0.6 is 0 Å². The van der Waals surface area contributed by atoms with Crippen molar-refractivity contribution in [2.45, 2.75) is 115 Å². The number of hydrogen-bond donors (Lipinski definition) is 0. The fraction of sp³-hybridized carbons (Fsp3) is 0.692. The summed E-state index contributed by atoms with van der Waals surface area (Å²) in [6.45, 7) is 27.0. The third-order valence-electron chi connectivity index (χ3n) is 7.57. The van der Waals surface area contributed by atoms with Crippen molar-refractivity contribution in [1.82, 2.24) is 0 Å². The summed E-state index contributed by atoms with van der Waals surface area (Å²) in [5.41, 5.74) is 1.18. The average molecular weight is 463 g/mol. The molecule has 1 heterocycles. The van der Waals surface area contributed by atoms with Crippen LogP contribution in [0.1, 0.15) is 66.1 Å². The molecule has 1 aromatic rings. The van der Waals surface area contributed by atoms with Crippen molar-refractivity contribution in [3.05, 3.63) is 48.6 Å². The largest absolute Gasteiger partial charge is 0.409 e. The van der Waals surface area contributed by atoms with Gasteiger partial charge in [-0.15, -0.1) is 6.58 Å². The van der Waals surface area contributed by atoms with E-state index >= 15 is 0 Å². The van der Waals surface area contributed by atoms with E-state index in [1.807, 2.05) is 6.08 Å². The lowest BCUT2D eigenvalue weighted by molar-refractivity contribution is 0.00575. The Morgan fingerprint density at radius 2 is 1.35 bits per heavy atom. The number of hydrogen-bond acceptors (Lipinski definition) is 3. The molecule has 2 rings (SSSR count). The van der Waals surface area contributed by atoms with Gasteiger partial charge in [0.25, 0.3) is 0 Å². The van der Waals surface area contributed by atoms with Crippen molar-refractivity contribution >= 4 is 16.6 Å². The van der Waals surface area contributed by atoms with E-state index < -0.39 is 16.6 Å². The first-order chi connectivity index (χ1) is 14.1. The van der Waals surface area contributed by atoms with Gasteiger partial charge < -0.3 is 13.6 Å². The molecule has 176 valence electrons. The van der Waals surface area contributed by atoms with Crippen LogP contribution in [0.2, 0.25) is 36.3 Å². The third kappa shape index (κ3) is 6.20. The van der Waals surface area contributed by atoms with Gasteiger partial charge in [0.1, 0.15) is 12.2 Å². The van der Waals surface area contributed by atoms with Gasteiger partial charge in [-0.05, 0) is 54.7 Å². The molecule has 0 saturated carbocycles. The highest BCUT2D eigenvalue weighted by Gasteiger charge is 2.53. The van der Waals surface area contributed by atoms with Crippen LogP contribution in [-0.2, 0) is 13.6 Å². The summed E-state index contributed by atoms with van der Waals surface area (Å²) < 4.78 is 20.9. The van der Waals surface area contributed by atoms with E-state index in [4.69, 9.17) is 13.6 Å². The second-order valence-electron chi connectivity index (χ2n) is 12.1. The first-order valence-electron chi connectivity index (χ1n) is 11.8. The molecular formula is C26H46O3Si2. The van der Waals surface area contributed by atoms with Gasteiger partial charge >= 0.3 is 0 Å². The molecule has 0 spiro atoms. The molecule has 1 fully saturated rings. The minimum absolute atomic E-state index is 0.00657. The SMILES string of the molecule is C=CCC[C@@H]1O[C@H](c2ccccc2)[C@@H](O[Si](C)(C)C(C)(C)C)[C@@H]1O[Si](C)(C)C(C)(C)C. The summed E-state index contributed by atoms with van der Waals surface area (Å²) in [6, 6.07) is 10.5. The Labute approximate surface area is 193 Å². The Morgan fingerprint density at radius 1 is 0.871 bits per heavy atom. The monoisotopic (exact) mass is 462 g/mol. The second-order valence-corrected chi connectivity index (χ2v) is 21.6. The van der Waals surface area contributed by atoms with Gasteiger partial charge in [0.2, 0.25) is 0 Å². The minimum Gasteiger partial charge on any atom is -0.409 e. The zero-order valence-corrected chi connectivity index (χ0v) is 23.6. The van der Waals surface area contributed by atoms with E-state index in [2.05, 4.69) is 105 Å². The zero-order valence-electron chi connectivity index (χ0n) is 21.6. The van der Waals surface area contributed by atoms with Gasteiger partial charge in [-0.2, -0.15) is 0 Å². The first kappa shape index (κ1) is 26.5. The maximum Gasteiger partial charge on any atom is 0.192 e. The molecule has 1 saturated heterocycles. The summed E-state index contributed by atoms with van der Waals surface area (Å²) >= 11 is 0. The van der Waals surface area contributed by atoms with E-state index in [1.165, 1.54) is 5.56 Å². The topological polar surface area (TPSA) is 27.7 Å². The van der Waals surface area contributed by atoms with Crippen molar-refractivity contribution in [1.29, 1.82) is 0 Å². The maximum absolute atomic E-state index is 7.10. The van der Waals surface area contributed by atoms with Crippen molar-refractivity contribution in [3.63, 3.8) is 0 Å². The van der Waals surface area contributed by atoms with Crippen LogP contribution in [0, 0.1) is 0 Å². The lowest BCUT2D eigenvalue weighted by atomic mass is 10.00. The van der Waals surface area contributed by atoms with Gasteiger partial charge in [0.15, 0.2) is 16.6 Å². The zero-order chi connectivity index (χ0) is 23.7. The lowest BCUT2D eigenvalue weighted by Gasteiger charge is -2.44. The van der Waals surface area contributed by atoms with Crippen LogP contribution < -0.4 is 0 Å². The molecule has 1 aromatic carbocycles. The van der Waals surface area contributed by atoms with Gasteiger partial charge in [0, 0.05) is 0 Å². The van der Waals surface area contributed by atoms with Gasteiger partial charge in [-0.3, -0.25) is 0 Å². The van der Waals surface area contributed by atoms with Gasteiger partial charge in [0.05, 0.1) is 12.2 Å². The van der Waals surface area contributed by atoms with Crippen LogP contribution in [0.5, 0.6) is 0 Å². The van der Waals surface area contributed by atoms with E-state index in [0.29, 0.717) is 0 Å². The summed E-state index contributed by atoms with van der Waals surface area (Å²) in [6.07, 6.45) is 3.52. The molecule has 0 unspecified atom stereocenters. The molecular weight excluding hydrogens is 416 g/mol. The molecule has 1 aliphatic rings. The quantitative estimate of drug-likeness (QED) is 0.290. The van der Waals surface area contributed by atoms with E-state index in [9.17, 15) is 0 Å². The Kier molecular flexibility index (Phi) is 8.25. The summed E-state index contributed by atoms with van der Waals surface area (Å²) in [5.74, 6) is 0. The van der Waals surface area contributed by atoms with Crippen molar-refractivity contribution in [2.75, 3.05) is 0 Å². The molecule has 5 heteroatoms. The first-order valence-corrected chi connectivity index (χ1v) is 17.6. The van der Waals surface area contributed by atoms with Crippen LogP contribution in [-0.4, -0.2) is 34.9 Å². The van der Waals surface area contributed by atoms with Gasteiger partial charge in [-0.1, -0.05) is 78.0 Å². The summed E-state index contributed by atoms with van der Waals surface area (Å²) in [5, 5.41) is 0.247.